The van der Waals surface area contributed by atoms with Crippen LogP contribution in [0.15, 0.2) is 36.5 Å². The number of carbonyl (C=O) groups is 2. The SMILES string of the molecule is CCCCC/C=C\C/C=C\CCCCCCCCCCCCCCCCCC(=O)NC(COP(=O)([O-])OCC[N+](C)(C)C)C(/C=C\CCCCCCCCCCCCC)OC(=O)CCCCCCCCCCCCCCCCC. The number of rotatable bonds is 63. The highest BCUT2D eigenvalue weighted by atomic mass is 31.2. The number of esters is 1. The first-order valence-electron chi connectivity index (χ1n) is 34.3. The zero-order valence-corrected chi connectivity index (χ0v) is 54.2. The fourth-order valence-electron chi connectivity index (χ4n) is 10.3. The number of hydrogen-bond donors (Lipinski definition) is 1. The molecule has 79 heavy (non-hydrogen) atoms. The average Bonchev–Trinajstić information content (AvgIpc) is 3.41. The Kier molecular flexibility index (Phi) is 58.1. The lowest BCUT2D eigenvalue weighted by molar-refractivity contribution is -0.870. The van der Waals surface area contributed by atoms with E-state index in [0.29, 0.717) is 17.4 Å². The van der Waals surface area contributed by atoms with Crippen LogP contribution in [0.4, 0.5) is 0 Å². The second-order valence-electron chi connectivity index (χ2n) is 24.7. The Morgan fingerprint density at radius 2 is 0.772 bits per heavy atom. The molecular formula is C69H133N2O7P. The maximum absolute atomic E-state index is 13.6. The number of nitrogens with zero attached hydrogens (tertiary/aromatic N) is 1. The molecule has 0 saturated heterocycles. The molecule has 0 spiro atoms. The predicted octanol–water partition coefficient (Wildman–Crippen LogP) is 20.8. The molecule has 3 unspecified atom stereocenters. The lowest BCUT2D eigenvalue weighted by Crippen LogP contribution is -2.47. The molecule has 466 valence electrons. The van der Waals surface area contributed by atoms with Crippen molar-refractivity contribution in [2.75, 3.05) is 40.9 Å². The summed E-state index contributed by atoms with van der Waals surface area (Å²) < 4.78 is 30.4. The number of phosphoric ester groups is 1. The third-order valence-electron chi connectivity index (χ3n) is 15.6. The smallest absolute Gasteiger partial charge is 0.306 e. The standard InChI is InChI=1S/C69H133N2O7P/c1-7-10-13-16-19-22-25-28-30-31-32-33-34-35-36-37-38-39-41-43-46-49-52-55-58-61-68(72)70-66(65-77-79(74,75)76-64-63-71(4,5)6)67(60-57-54-51-48-45-42-27-24-21-18-15-12-9-3)78-69(73)62-59-56-53-50-47-44-40-29-26-23-20-17-14-11-8-2/h19,22,28,30,57,60,66-67H,7-18,20-21,23-27,29,31-56,58-59,61-65H2,1-6H3,(H-,70,72,74,75)/b22-19-,30-28-,60-57-. The van der Waals surface area contributed by atoms with E-state index in [0.717, 1.165) is 64.2 Å². The quantitative estimate of drug-likeness (QED) is 0.0212. The molecule has 0 aliphatic heterocycles. The highest BCUT2D eigenvalue weighted by molar-refractivity contribution is 7.45. The monoisotopic (exact) mass is 1130 g/mol. The van der Waals surface area contributed by atoms with Crippen LogP contribution in [0.3, 0.4) is 0 Å². The van der Waals surface area contributed by atoms with Gasteiger partial charge in [0.2, 0.25) is 5.91 Å². The van der Waals surface area contributed by atoms with Crippen molar-refractivity contribution < 1.29 is 37.3 Å². The van der Waals surface area contributed by atoms with Gasteiger partial charge in [0.05, 0.1) is 33.8 Å². The van der Waals surface area contributed by atoms with Crippen LogP contribution in [0.5, 0.6) is 0 Å². The van der Waals surface area contributed by atoms with Crippen LogP contribution >= 0.6 is 7.82 Å². The van der Waals surface area contributed by atoms with Crippen molar-refractivity contribution in [2.24, 2.45) is 0 Å². The van der Waals surface area contributed by atoms with Crippen molar-refractivity contribution in [1.29, 1.82) is 0 Å². The maximum atomic E-state index is 13.6. The molecule has 0 rings (SSSR count). The van der Waals surface area contributed by atoms with E-state index >= 15 is 0 Å². The van der Waals surface area contributed by atoms with E-state index in [1.165, 1.54) is 244 Å². The van der Waals surface area contributed by atoms with Gasteiger partial charge in [-0.25, -0.2) is 0 Å². The molecular weight excluding hydrogens is 1000 g/mol. The van der Waals surface area contributed by atoms with Gasteiger partial charge in [0.25, 0.3) is 7.82 Å². The lowest BCUT2D eigenvalue weighted by Gasteiger charge is -2.30. The summed E-state index contributed by atoms with van der Waals surface area (Å²) in [5.74, 6) is -0.522. The highest BCUT2D eigenvalue weighted by Crippen LogP contribution is 2.38. The normalized spacial score (nSPS) is 13.8. The van der Waals surface area contributed by atoms with Crippen molar-refractivity contribution in [3.8, 4) is 0 Å². The first-order chi connectivity index (χ1) is 38.4. The topological polar surface area (TPSA) is 114 Å². The van der Waals surface area contributed by atoms with Crippen molar-refractivity contribution in [2.45, 2.75) is 354 Å². The van der Waals surface area contributed by atoms with Crippen LogP contribution in [0.25, 0.3) is 0 Å². The maximum Gasteiger partial charge on any atom is 0.306 e. The van der Waals surface area contributed by atoms with E-state index in [1.807, 2.05) is 33.3 Å². The summed E-state index contributed by atoms with van der Waals surface area (Å²) in [4.78, 5) is 40.1. The zero-order valence-electron chi connectivity index (χ0n) is 53.3. The molecule has 0 fully saturated rings. The molecule has 0 aromatic rings. The number of phosphoric acid groups is 1. The van der Waals surface area contributed by atoms with Gasteiger partial charge < -0.3 is 28.5 Å². The van der Waals surface area contributed by atoms with E-state index < -0.39 is 20.0 Å². The van der Waals surface area contributed by atoms with Crippen LogP contribution in [0.2, 0.25) is 0 Å². The molecule has 0 aromatic heterocycles. The summed E-state index contributed by atoms with van der Waals surface area (Å²) in [5.41, 5.74) is 0. The molecule has 1 amide bonds. The van der Waals surface area contributed by atoms with Gasteiger partial charge in [-0.05, 0) is 63.9 Å². The van der Waals surface area contributed by atoms with Crippen molar-refractivity contribution >= 4 is 19.7 Å². The summed E-state index contributed by atoms with van der Waals surface area (Å²) in [6, 6.07) is -0.884. The van der Waals surface area contributed by atoms with Gasteiger partial charge in [0.1, 0.15) is 19.3 Å². The lowest BCUT2D eigenvalue weighted by atomic mass is 10.0. The minimum Gasteiger partial charge on any atom is -0.756 e. The fraction of sp³-hybridized carbons (Fsp3) is 0.884. The van der Waals surface area contributed by atoms with Gasteiger partial charge in [-0.3, -0.25) is 14.2 Å². The number of nitrogens with one attached hydrogen (secondary N) is 1. The van der Waals surface area contributed by atoms with Gasteiger partial charge in [-0.15, -0.1) is 0 Å². The second-order valence-corrected chi connectivity index (χ2v) is 26.1. The molecule has 0 saturated carbocycles. The number of ether oxygens (including phenoxy) is 1. The van der Waals surface area contributed by atoms with E-state index in [2.05, 4.69) is 50.4 Å². The molecule has 9 nitrogen and oxygen atoms in total. The van der Waals surface area contributed by atoms with Crippen molar-refractivity contribution in [1.82, 2.24) is 5.32 Å². The third-order valence-corrected chi connectivity index (χ3v) is 16.5. The average molecular weight is 1130 g/mol. The molecule has 10 heteroatoms. The van der Waals surface area contributed by atoms with E-state index in [-0.39, 0.29) is 31.5 Å². The Labute approximate surface area is 491 Å². The number of carbonyl (C=O) groups excluding carboxylic acids is 2. The summed E-state index contributed by atoms with van der Waals surface area (Å²) in [7, 11) is 1.20. The van der Waals surface area contributed by atoms with E-state index in [4.69, 9.17) is 13.8 Å². The zero-order chi connectivity index (χ0) is 57.9. The highest BCUT2D eigenvalue weighted by Gasteiger charge is 2.27. The van der Waals surface area contributed by atoms with Crippen LogP contribution in [0.1, 0.15) is 342 Å². The number of likely N-dealkylation sites (N-methyl/N-ethyl adjacent to an activating group) is 1. The molecule has 0 aliphatic rings. The van der Waals surface area contributed by atoms with Gasteiger partial charge >= 0.3 is 5.97 Å². The third kappa shape index (κ3) is 60.6. The van der Waals surface area contributed by atoms with Crippen molar-refractivity contribution in [3.63, 3.8) is 0 Å². The fourth-order valence-corrected chi connectivity index (χ4v) is 11.0. The van der Waals surface area contributed by atoms with Crippen LogP contribution < -0.4 is 10.2 Å². The van der Waals surface area contributed by atoms with Gasteiger partial charge in [0, 0.05) is 12.8 Å². The van der Waals surface area contributed by atoms with E-state index in [9.17, 15) is 19.0 Å². The Morgan fingerprint density at radius 3 is 1.16 bits per heavy atom. The first kappa shape index (κ1) is 77.2. The number of hydrogen-bond acceptors (Lipinski definition) is 7. The van der Waals surface area contributed by atoms with Gasteiger partial charge in [0.15, 0.2) is 0 Å². The Hall–Kier alpha value is -1.77. The number of amides is 1. The Bertz CT molecular complexity index is 1450. The molecule has 1 N–H and O–H groups in total. The molecule has 0 radical (unpaired) electrons. The summed E-state index contributed by atoms with van der Waals surface area (Å²) in [5, 5.41) is 3.05. The summed E-state index contributed by atoms with van der Waals surface area (Å²) >= 11 is 0. The number of unbranched alkanes of at least 4 members (excludes halogenated alkanes) is 43. The molecule has 0 aromatic carbocycles. The molecule has 3 atom stereocenters. The van der Waals surface area contributed by atoms with Gasteiger partial charge in [-0.2, -0.15) is 0 Å². The van der Waals surface area contributed by atoms with Crippen LogP contribution in [-0.4, -0.2) is 69.4 Å². The Morgan fingerprint density at radius 1 is 0.443 bits per heavy atom. The minimum absolute atomic E-state index is 0.0190. The predicted molar refractivity (Wildman–Crippen MR) is 340 cm³/mol. The molecule has 0 heterocycles. The van der Waals surface area contributed by atoms with Crippen molar-refractivity contribution in [3.05, 3.63) is 36.5 Å². The molecule has 0 aliphatic carbocycles. The van der Waals surface area contributed by atoms with Gasteiger partial charge in [-0.1, -0.05) is 302 Å². The minimum atomic E-state index is -4.70. The van der Waals surface area contributed by atoms with E-state index in [1.54, 1.807) is 0 Å². The summed E-state index contributed by atoms with van der Waals surface area (Å²) in [6.07, 6.45) is 72.6. The number of allylic oxidation sites excluding steroid dienone is 5. The first-order valence-corrected chi connectivity index (χ1v) is 35.8. The van der Waals surface area contributed by atoms with Crippen LogP contribution in [0, 0.1) is 0 Å². The largest absolute Gasteiger partial charge is 0.756 e. The summed E-state index contributed by atoms with van der Waals surface area (Å²) in [6.45, 7) is 6.87. The van der Waals surface area contributed by atoms with Crippen LogP contribution in [-0.2, 0) is 27.9 Å². The Balaban J connectivity index is 5.06. The second kappa shape index (κ2) is 59.4. The molecule has 0 bridgehead atoms. The number of quaternary nitrogens is 1.